The first-order valence-corrected chi connectivity index (χ1v) is 13.9. The summed E-state index contributed by atoms with van der Waals surface area (Å²) in [4.78, 5) is 37.8. The molecule has 0 amide bonds. The van der Waals surface area contributed by atoms with Crippen LogP contribution in [0.15, 0.2) is 24.3 Å². The summed E-state index contributed by atoms with van der Waals surface area (Å²) in [7, 11) is 4.15. The van der Waals surface area contributed by atoms with Crippen LogP contribution in [0.3, 0.4) is 0 Å². The largest absolute Gasteiger partial charge is 0.378 e. The second kappa shape index (κ2) is 11.0. The van der Waals surface area contributed by atoms with Gasteiger partial charge in [-0.25, -0.2) is 9.97 Å². The van der Waals surface area contributed by atoms with Gasteiger partial charge in [0, 0.05) is 59.2 Å². The van der Waals surface area contributed by atoms with E-state index in [4.69, 9.17) is 24.7 Å². The molecular formula is C28H37N9O2. The molecule has 0 unspecified atom stereocenters. The Morgan fingerprint density at radius 3 is 2.64 bits per heavy atom. The molecule has 0 spiro atoms. The molecule has 206 valence electrons. The van der Waals surface area contributed by atoms with E-state index in [-0.39, 0.29) is 0 Å². The molecule has 2 fully saturated rings. The monoisotopic (exact) mass is 531 g/mol. The number of aldehydes is 1. The Balaban J connectivity index is 1.33. The summed E-state index contributed by atoms with van der Waals surface area (Å²) in [5, 5.41) is 0. The predicted molar refractivity (Wildman–Crippen MR) is 150 cm³/mol. The number of aromatic nitrogens is 6. The van der Waals surface area contributed by atoms with Crippen molar-refractivity contribution in [2.24, 2.45) is 13.0 Å². The molecule has 11 heteroatoms. The molecule has 1 aromatic carbocycles. The van der Waals surface area contributed by atoms with Gasteiger partial charge in [-0.15, -0.1) is 0 Å². The lowest BCUT2D eigenvalue weighted by Gasteiger charge is -2.40. The molecular weight excluding hydrogens is 494 g/mol. The normalized spacial score (nSPS) is 17.0. The SMILES string of the molecule is CCc1nc2ccccc2n1-c1nc(N2CCOCC2)c2nc(CN3CC(CN(C)CCC=O)C3)n(C)c2n1. The number of hydrogen-bond acceptors (Lipinski definition) is 9. The van der Waals surface area contributed by atoms with Gasteiger partial charge in [0.25, 0.3) is 0 Å². The summed E-state index contributed by atoms with van der Waals surface area (Å²) < 4.78 is 9.85. The van der Waals surface area contributed by atoms with E-state index in [0.717, 1.165) is 98.2 Å². The second-order valence-corrected chi connectivity index (χ2v) is 10.7. The lowest BCUT2D eigenvalue weighted by atomic mass is 9.99. The third-order valence-corrected chi connectivity index (χ3v) is 7.83. The minimum Gasteiger partial charge on any atom is -0.378 e. The van der Waals surface area contributed by atoms with Crippen molar-refractivity contribution in [3.63, 3.8) is 0 Å². The Morgan fingerprint density at radius 2 is 1.87 bits per heavy atom. The Labute approximate surface area is 228 Å². The number of morpholine rings is 1. The fourth-order valence-corrected chi connectivity index (χ4v) is 5.78. The van der Waals surface area contributed by atoms with E-state index in [1.54, 1.807) is 0 Å². The van der Waals surface area contributed by atoms with Gasteiger partial charge < -0.3 is 23.9 Å². The highest BCUT2D eigenvalue weighted by Crippen LogP contribution is 2.29. The van der Waals surface area contributed by atoms with Crippen LogP contribution in [0.4, 0.5) is 5.82 Å². The van der Waals surface area contributed by atoms with Crippen molar-refractivity contribution in [3.05, 3.63) is 35.9 Å². The molecule has 0 saturated carbocycles. The molecule has 39 heavy (non-hydrogen) atoms. The maximum absolute atomic E-state index is 10.7. The lowest BCUT2D eigenvalue weighted by Crippen LogP contribution is -2.50. The van der Waals surface area contributed by atoms with Gasteiger partial charge in [-0.05, 0) is 25.1 Å². The third kappa shape index (κ3) is 5.02. The zero-order chi connectivity index (χ0) is 26.9. The molecule has 2 aliphatic rings. The van der Waals surface area contributed by atoms with E-state index in [0.29, 0.717) is 31.5 Å². The van der Waals surface area contributed by atoms with Gasteiger partial charge in [-0.2, -0.15) is 9.97 Å². The first-order chi connectivity index (χ1) is 19.1. The molecule has 11 nitrogen and oxygen atoms in total. The summed E-state index contributed by atoms with van der Waals surface area (Å²) in [6.45, 7) is 9.67. The molecule has 0 atom stereocenters. The average Bonchev–Trinajstić information content (AvgIpc) is 3.48. The highest BCUT2D eigenvalue weighted by atomic mass is 16.5. The summed E-state index contributed by atoms with van der Waals surface area (Å²) in [6.07, 6.45) is 2.36. The van der Waals surface area contributed by atoms with Gasteiger partial charge in [0.2, 0.25) is 5.95 Å². The van der Waals surface area contributed by atoms with Crippen molar-refractivity contribution in [2.45, 2.75) is 26.3 Å². The van der Waals surface area contributed by atoms with Crippen LogP contribution in [0.1, 0.15) is 25.0 Å². The maximum Gasteiger partial charge on any atom is 0.239 e. The Morgan fingerprint density at radius 1 is 1.08 bits per heavy atom. The number of imidazole rings is 2. The van der Waals surface area contributed by atoms with E-state index >= 15 is 0 Å². The highest BCUT2D eigenvalue weighted by Gasteiger charge is 2.30. The Hall–Kier alpha value is -3.41. The van der Waals surface area contributed by atoms with E-state index < -0.39 is 0 Å². The van der Waals surface area contributed by atoms with Crippen LogP contribution in [0, 0.1) is 5.92 Å². The molecule has 6 rings (SSSR count). The maximum atomic E-state index is 10.7. The van der Waals surface area contributed by atoms with Crippen LogP contribution in [0.25, 0.3) is 28.1 Å². The number of benzene rings is 1. The highest BCUT2D eigenvalue weighted by molar-refractivity contribution is 5.86. The van der Waals surface area contributed by atoms with Crippen molar-refractivity contribution >= 4 is 34.3 Å². The zero-order valence-corrected chi connectivity index (χ0v) is 23.1. The molecule has 0 radical (unpaired) electrons. The van der Waals surface area contributed by atoms with Crippen molar-refractivity contribution in [1.82, 2.24) is 38.9 Å². The smallest absolute Gasteiger partial charge is 0.239 e. The molecule has 2 aliphatic heterocycles. The van der Waals surface area contributed by atoms with Crippen molar-refractivity contribution in [2.75, 3.05) is 64.4 Å². The summed E-state index contributed by atoms with van der Waals surface area (Å²) in [5.74, 6) is 4.04. The molecule has 2 saturated heterocycles. The first-order valence-electron chi connectivity index (χ1n) is 13.9. The fourth-order valence-electron chi connectivity index (χ4n) is 5.78. The number of nitrogens with zero attached hydrogens (tertiary/aromatic N) is 9. The number of carbonyl (C=O) groups excluding carboxylic acids is 1. The minimum atomic E-state index is 0.593. The molecule has 0 aliphatic carbocycles. The van der Waals surface area contributed by atoms with Crippen molar-refractivity contribution < 1.29 is 9.53 Å². The first kappa shape index (κ1) is 25.8. The number of aryl methyl sites for hydroxylation is 2. The number of hydrogen-bond donors (Lipinski definition) is 0. The number of rotatable bonds is 10. The number of carbonyl (C=O) groups is 1. The third-order valence-electron chi connectivity index (χ3n) is 7.83. The van der Waals surface area contributed by atoms with E-state index in [2.05, 4.69) is 50.9 Å². The fraction of sp³-hybridized carbons (Fsp3) is 0.536. The topological polar surface area (TPSA) is 97.4 Å². The number of anilines is 1. The van der Waals surface area contributed by atoms with Gasteiger partial charge in [0.05, 0.1) is 30.8 Å². The van der Waals surface area contributed by atoms with E-state index in [1.807, 2.05) is 18.2 Å². The molecule has 0 N–H and O–H groups in total. The van der Waals surface area contributed by atoms with Crippen LogP contribution in [-0.2, 0) is 29.5 Å². The van der Waals surface area contributed by atoms with Gasteiger partial charge >= 0.3 is 0 Å². The standard InChI is InChI=1S/C28H37N9O2/c1-4-23-29-21-8-5-6-9-22(21)37(23)28-31-26-25(27(32-28)36-11-14-39-15-12-36)30-24(34(26)3)19-35-17-20(18-35)16-33(2)10-7-13-38/h5-6,8-9,13,20H,4,7,10-12,14-19H2,1-3H3. The second-order valence-electron chi connectivity index (χ2n) is 10.7. The van der Waals surface area contributed by atoms with Crippen LogP contribution < -0.4 is 4.90 Å². The van der Waals surface area contributed by atoms with Gasteiger partial charge in [0.1, 0.15) is 17.9 Å². The van der Waals surface area contributed by atoms with E-state index in [1.165, 1.54) is 0 Å². The zero-order valence-electron chi connectivity index (χ0n) is 23.1. The van der Waals surface area contributed by atoms with Gasteiger partial charge in [0.15, 0.2) is 17.0 Å². The van der Waals surface area contributed by atoms with Crippen LogP contribution >= 0.6 is 0 Å². The predicted octanol–water partition coefficient (Wildman–Crippen LogP) is 2.05. The summed E-state index contributed by atoms with van der Waals surface area (Å²) >= 11 is 0. The number of likely N-dealkylation sites (tertiary alicyclic amines) is 1. The number of ether oxygens (including phenoxy) is 1. The molecule has 4 aromatic rings. The van der Waals surface area contributed by atoms with Crippen molar-refractivity contribution in [1.29, 1.82) is 0 Å². The summed E-state index contributed by atoms with van der Waals surface area (Å²) in [5.41, 5.74) is 3.63. The molecule has 5 heterocycles. The minimum absolute atomic E-state index is 0.593. The van der Waals surface area contributed by atoms with Crippen LogP contribution in [-0.4, -0.2) is 105 Å². The van der Waals surface area contributed by atoms with Crippen LogP contribution in [0.5, 0.6) is 0 Å². The molecule has 3 aromatic heterocycles. The Kier molecular flexibility index (Phi) is 7.28. The van der Waals surface area contributed by atoms with Gasteiger partial charge in [-0.3, -0.25) is 9.47 Å². The van der Waals surface area contributed by atoms with Gasteiger partial charge in [-0.1, -0.05) is 19.1 Å². The Bertz CT molecular complexity index is 1470. The number of fused-ring (bicyclic) bond motifs is 2. The summed E-state index contributed by atoms with van der Waals surface area (Å²) in [6, 6.07) is 8.16. The molecule has 0 bridgehead atoms. The van der Waals surface area contributed by atoms with E-state index in [9.17, 15) is 4.79 Å². The number of para-hydroxylation sites is 2. The lowest BCUT2D eigenvalue weighted by molar-refractivity contribution is -0.108. The average molecular weight is 532 g/mol. The van der Waals surface area contributed by atoms with Crippen molar-refractivity contribution in [3.8, 4) is 5.95 Å². The van der Waals surface area contributed by atoms with Crippen LogP contribution in [0.2, 0.25) is 0 Å². The quantitative estimate of drug-likeness (QED) is 0.285.